The number of fused-ring (bicyclic) bond motifs is 1. The topological polar surface area (TPSA) is 93.2 Å². The average molecular weight is 442 g/mol. The van der Waals surface area contributed by atoms with Crippen LogP contribution >= 0.6 is 0 Å². The van der Waals surface area contributed by atoms with Crippen LogP contribution in [0.1, 0.15) is 53.9 Å². The number of H-pyrrole nitrogens is 1. The van der Waals surface area contributed by atoms with E-state index in [0.717, 1.165) is 61.5 Å². The number of nitrogens with zero attached hydrogens (tertiary/aromatic N) is 5. The van der Waals surface area contributed by atoms with Crippen molar-refractivity contribution < 1.29 is 5.11 Å². The molecule has 0 aliphatic carbocycles. The molecule has 176 valence electrons. The Labute approximate surface area is 192 Å². The van der Waals surface area contributed by atoms with Crippen LogP contribution < -0.4 is 15.1 Å². The van der Waals surface area contributed by atoms with E-state index in [2.05, 4.69) is 42.6 Å². The first-order valence-electron chi connectivity index (χ1n) is 11.6. The van der Waals surface area contributed by atoms with E-state index >= 15 is 0 Å². The fraction of sp³-hybridized carbons (Fsp3) is 0.542. The second kappa shape index (κ2) is 12.9. The third-order valence-electron chi connectivity index (χ3n) is 5.07. The van der Waals surface area contributed by atoms with Crippen molar-refractivity contribution in [2.75, 3.05) is 47.9 Å². The number of nitrogens with one attached hydrogen (secondary N) is 2. The van der Waals surface area contributed by atoms with E-state index in [4.69, 9.17) is 15.0 Å². The standard InChI is InChI=1S/C24H39N7O/c1-7-12-30(13-8-2)22-20-21(28-24(29-22)31(14-9-3)15-16-32)27-23(26-20)25-19(11-5)17-18(6)10-4/h10-11,17,32H,5,7-9,12-16H2,1-4,6H3,(H2,25,26,27,28,29)/b18-10-,19-17+. The number of aromatic amines is 1. The summed E-state index contributed by atoms with van der Waals surface area (Å²) in [4.78, 5) is 22.1. The molecule has 2 rings (SSSR count). The molecule has 0 fully saturated rings. The summed E-state index contributed by atoms with van der Waals surface area (Å²) >= 11 is 0. The summed E-state index contributed by atoms with van der Waals surface area (Å²) in [6, 6.07) is 0. The first-order chi connectivity index (χ1) is 15.5. The number of aromatic nitrogens is 4. The highest BCUT2D eigenvalue weighted by atomic mass is 16.3. The van der Waals surface area contributed by atoms with Gasteiger partial charge in [0.15, 0.2) is 11.5 Å². The number of aliphatic hydroxyl groups is 1. The first-order valence-corrected chi connectivity index (χ1v) is 11.6. The number of hydrogen-bond acceptors (Lipinski definition) is 7. The zero-order valence-corrected chi connectivity index (χ0v) is 20.3. The molecular formula is C24H39N7O. The maximum Gasteiger partial charge on any atom is 0.229 e. The Hall–Kier alpha value is -2.87. The minimum atomic E-state index is 0.0511. The van der Waals surface area contributed by atoms with Crippen LogP contribution in [0.5, 0.6) is 0 Å². The van der Waals surface area contributed by atoms with E-state index in [9.17, 15) is 5.11 Å². The van der Waals surface area contributed by atoms with Crippen molar-refractivity contribution in [3.63, 3.8) is 0 Å². The maximum absolute atomic E-state index is 9.55. The summed E-state index contributed by atoms with van der Waals surface area (Å²) in [7, 11) is 0. The third kappa shape index (κ3) is 6.56. The van der Waals surface area contributed by atoms with E-state index in [-0.39, 0.29) is 6.61 Å². The summed E-state index contributed by atoms with van der Waals surface area (Å²) in [6.07, 6.45) is 8.79. The van der Waals surface area contributed by atoms with Crippen molar-refractivity contribution in [1.82, 2.24) is 19.9 Å². The van der Waals surface area contributed by atoms with Gasteiger partial charge in [0.2, 0.25) is 11.9 Å². The van der Waals surface area contributed by atoms with Crippen molar-refractivity contribution in [1.29, 1.82) is 0 Å². The van der Waals surface area contributed by atoms with Gasteiger partial charge in [0.25, 0.3) is 0 Å². The lowest BCUT2D eigenvalue weighted by Gasteiger charge is -2.26. The average Bonchev–Trinajstić information content (AvgIpc) is 3.19. The van der Waals surface area contributed by atoms with E-state index in [1.54, 1.807) is 6.08 Å². The summed E-state index contributed by atoms with van der Waals surface area (Å²) in [5.41, 5.74) is 3.39. The van der Waals surface area contributed by atoms with Crippen molar-refractivity contribution in [3.05, 3.63) is 36.1 Å². The lowest BCUT2D eigenvalue weighted by molar-refractivity contribution is 0.301. The molecule has 32 heavy (non-hydrogen) atoms. The van der Waals surface area contributed by atoms with Gasteiger partial charge in [-0.05, 0) is 45.3 Å². The highest BCUT2D eigenvalue weighted by molar-refractivity contribution is 5.86. The summed E-state index contributed by atoms with van der Waals surface area (Å²) in [6.45, 7) is 17.5. The fourth-order valence-electron chi connectivity index (χ4n) is 3.48. The van der Waals surface area contributed by atoms with Crippen LogP contribution in [0.25, 0.3) is 11.2 Å². The number of allylic oxidation sites excluding steroid dienone is 4. The molecule has 0 saturated carbocycles. The van der Waals surface area contributed by atoms with Crippen LogP contribution in [0.15, 0.2) is 36.1 Å². The fourth-order valence-corrected chi connectivity index (χ4v) is 3.48. The number of rotatable bonds is 14. The van der Waals surface area contributed by atoms with Gasteiger partial charge in [0.1, 0.15) is 5.52 Å². The Balaban J connectivity index is 2.60. The van der Waals surface area contributed by atoms with Gasteiger partial charge >= 0.3 is 0 Å². The van der Waals surface area contributed by atoms with E-state index in [0.29, 0.717) is 24.1 Å². The Kier molecular flexibility index (Phi) is 10.2. The molecule has 0 atom stereocenters. The smallest absolute Gasteiger partial charge is 0.229 e. The van der Waals surface area contributed by atoms with Gasteiger partial charge in [-0.25, -0.2) is 0 Å². The summed E-state index contributed by atoms with van der Waals surface area (Å²) < 4.78 is 0. The molecule has 0 aromatic carbocycles. The van der Waals surface area contributed by atoms with E-state index in [1.165, 1.54) is 0 Å². The highest BCUT2D eigenvalue weighted by Crippen LogP contribution is 2.27. The molecule has 2 aromatic rings. The monoisotopic (exact) mass is 441 g/mol. The molecule has 3 N–H and O–H groups in total. The molecule has 0 radical (unpaired) electrons. The van der Waals surface area contributed by atoms with Gasteiger partial charge in [-0.2, -0.15) is 15.0 Å². The normalized spacial score (nSPS) is 12.3. The summed E-state index contributed by atoms with van der Waals surface area (Å²) in [5, 5.41) is 12.9. The van der Waals surface area contributed by atoms with E-state index < -0.39 is 0 Å². The molecule has 0 saturated heterocycles. The van der Waals surface area contributed by atoms with Crippen molar-refractivity contribution >= 4 is 28.9 Å². The molecule has 2 heterocycles. The second-order valence-corrected chi connectivity index (χ2v) is 7.79. The van der Waals surface area contributed by atoms with Crippen LogP contribution in [0, 0.1) is 0 Å². The van der Waals surface area contributed by atoms with Gasteiger partial charge in [0.05, 0.1) is 6.61 Å². The Morgan fingerprint density at radius 2 is 1.69 bits per heavy atom. The van der Waals surface area contributed by atoms with Crippen molar-refractivity contribution in [2.45, 2.75) is 53.9 Å². The van der Waals surface area contributed by atoms with Crippen molar-refractivity contribution in [3.8, 4) is 0 Å². The van der Waals surface area contributed by atoms with Crippen LogP contribution in [0.3, 0.4) is 0 Å². The third-order valence-corrected chi connectivity index (χ3v) is 5.07. The van der Waals surface area contributed by atoms with Crippen LogP contribution in [-0.4, -0.2) is 57.8 Å². The largest absolute Gasteiger partial charge is 0.395 e. The number of hydrogen-bond donors (Lipinski definition) is 3. The molecule has 0 bridgehead atoms. The molecular weight excluding hydrogens is 402 g/mol. The zero-order chi connectivity index (χ0) is 23.5. The van der Waals surface area contributed by atoms with Crippen LogP contribution in [0.4, 0.5) is 17.7 Å². The number of anilines is 3. The van der Waals surface area contributed by atoms with Gasteiger partial charge in [0, 0.05) is 31.9 Å². The number of aliphatic hydroxyl groups excluding tert-OH is 1. The Bertz CT molecular complexity index is 920. The number of imidazole rings is 1. The SMILES string of the molecule is C=C/C(=C\C(C)=C/C)Nc1nc2nc(N(CCC)CCO)nc(N(CCC)CCC)c2[nH]1. The van der Waals surface area contributed by atoms with Crippen LogP contribution in [-0.2, 0) is 0 Å². The minimum absolute atomic E-state index is 0.0511. The first kappa shape index (κ1) is 25.4. The molecule has 0 amide bonds. The molecule has 0 spiro atoms. The van der Waals surface area contributed by atoms with E-state index in [1.807, 2.05) is 30.9 Å². The molecule has 2 aromatic heterocycles. The Morgan fingerprint density at radius 1 is 1.03 bits per heavy atom. The predicted octanol–water partition coefficient (Wildman–Crippen LogP) is 4.64. The second-order valence-electron chi connectivity index (χ2n) is 7.79. The van der Waals surface area contributed by atoms with Gasteiger partial charge in [-0.15, -0.1) is 0 Å². The molecule has 0 aliphatic rings. The quantitative estimate of drug-likeness (QED) is 0.368. The molecule has 0 aliphatic heterocycles. The Morgan fingerprint density at radius 3 is 2.25 bits per heavy atom. The van der Waals surface area contributed by atoms with Crippen molar-refractivity contribution in [2.24, 2.45) is 0 Å². The summed E-state index contributed by atoms with van der Waals surface area (Å²) in [5.74, 6) is 2.05. The minimum Gasteiger partial charge on any atom is -0.395 e. The van der Waals surface area contributed by atoms with Gasteiger partial charge < -0.3 is 25.2 Å². The highest BCUT2D eigenvalue weighted by Gasteiger charge is 2.20. The lowest BCUT2D eigenvalue weighted by atomic mass is 10.2. The predicted molar refractivity (Wildman–Crippen MR) is 135 cm³/mol. The maximum atomic E-state index is 9.55. The van der Waals surface area contributed by atoms with Gasteiger partial charge in [-0.3, -0.25) is 0 Å². The van der Waals surface area contributed by atoms with Gasteiger partial charge in [-0.1, -0.05) is 39.0 Å². The lowest BCUT2D eigenvalue weighted by Crippen LogP contribution is -2.31. The molecule has 8 nitrogen and oxygen atoms in total. The molecule has 0 unspecified atom stereocenters. The van der Waals surface area contributed by atoms with Crippen LogP contribution in [0.2, 0.25) is 0 Å². The zero-order valence-electron chi connectivity index (χ0n) is 20.3. The molecule has 8 heteroatoms.